The van der Waals surface area contributed by atoms with Gasteiger partial charge in [-0.3, -0.25) is 4.40 Å². The summed E-state index contributed by atoms with van der Waals surface area (Å²) in [6, 6.07) is 3.68. The molecule has 0 radical (unpaired) electrons. The van der Waals surface area contributed by atoms with Crippen molar-refractivity contribution < 1.29 is 22.0 Å². The summed E-state index contributed by atoms with van der Waals surface area (Å²) >= 11 is 0. The van der Waals surface area contributed by atoms with Crippen LogP contribution in [0, 0.1) is 11.6 Å². The molecule has 0 aliphatic carbocycles. The second-order valence-electron chi connectivity index (χ2n) is 7.64. The van der Waals surface area contributed by atoms with E-state index >= 15 is 0 Å². The summed E-state index contributed by atoms with van der Waals surface area (Å²) in [5.41, 5.74) is 0.765. The molecule has 3 N–H and O–H groups in total. The van der Waals surface area contributed by atoms with Gasteiger partial charge in [-0.25, -0.2) is 18.7 Å². The number of nitrogens with zero attached hydrogens (tertiary/aromatic N) is 5. The first kappa shape index (κ1) is 21.2. The van der Waals surface area contributed by atoms with E-state index in [2.05, 4.69) is 35.8 Å². The van der Waals surface area contributed by atoms with Crippen molar-refractivity contribution in [2.24, 2.45) is 0 Å². The molecule has 5 rings (SSSR count). The molecule has 1 aliphatic rings. The Morgan fingerprint density at radius 3 is 2.70 bits per heavy atom. The maximum atomic E-state index is 14.6. The number of aromatic amines is 1. The molecule has 4 aromatic rings. The highest BCUT2D eigenvalue weighted by Gasteiger charge is 2.35. The lowest BCUT2D eigenvalue weighted by Gasteiger charge is -2.24. The second kappa shape index (κ2) is 8.06. The fraction of sp³-hybridized carbons (Fsp3) is 0.300. The summed E-state index contributed by atoms with van der Waals surface area (Å²) in [6.07, 6.45) is -0.0438. The molecule has 13 heteroatoms. The molecule has 0 unspecified atom stereocenters. The number of hydrogen-bond acceptors (Lipinski definition) is 6. The quantitative estimate of drug-likeness (QED) is 0.399. The van der Waals surface area contributed by atoms with E-state index in [1.807, 2.05) is 0 Å². The molecular weight excluding hydrogens is 447 g/mol. The summed E-state index contributed by atoms with van der Waals surface area (Å²) in [4.78, 5) is 10.5. The number of hydrogen-bond donors (Lipinski definition) is 3. The Bertz CT molecular complexity index is 1310. The fourth-order valence-corrected chi connectivity index (χ4v) is 3.74. The maximum absolute atomic E-state index is 14.6. The van der Waals surface area contributed by atoms with Crippen molar-refractivity contribution >= 4 is 11.5 Å². The highest BCUT2D eigenvalue weighted by Crippen LogP contribution is 2.30. The Balaban J connectivity index is 1.49. The number of anilines is 1. The lowest BCUT2D eigenvalue weighted by atomic mass is 10.1. The number of H-pyrrole nitrogens is 1. The predicted octanol–water partition coefficient (Wildman–Crippen LogP) is 3.64. The zero-order valence-electron chi connectivity index (χ0n) is 16.9. The van der Waals surface area contributed by atoms with Crippen molar-refractivity contribution in [2.75, 3.05) is 18.4 Å². The number of pyridine rings is 2. The topological polar surface area (TPSA) is 95.8 Å². The highest BCUT2D eigenvalue weighted by atomic mass is 19.4. The van der Waals surface area contributed by atoms with Crippen molar-refractivity contribution in [3.05, 3.63) is 48.1 Å². The lowest BCUT2D eigenvalue weighted by molar-refractivity contribution is -0.144. The summed E-state index contributed by atoms with van der Waals surface area (Å²) < 4.78 is 68.8. The average Bonchev–Trinajstić information content (AvgIpc) is 3.43. The lowest BCUT2D eigenvalue weighted by Crippen LogP contribution is -2.38. The zero-order chi connectivity index (χ0) is 23.2. The minimum absolute atomic E-state index is 0.0349. The Labute approximate surface area is 183 Å². The highest BCUT2D eigenvalue weighted by molar-refractivity contribution is 5.67. The van der Waals surface area contributed by atoms with Crippen LogP contribution >= 0.6 is 0 Å². The number of halogens is 5. The molecule has 8 nitrogen and oxygen atoms in total. The van der Waals surface area contributed by atoms with E-state index in [1.165, 1.54) is 28.9 Å². The second-order valence-corrected chi connectivity index (χ2v) is 7.64. The van der Waals surface area contributed by atoms with Gasteiger partial charge in [-0.1, -0.05) is 0 Å². The number of imidazole rings is 1. The molecule has 0 spiro atoms. The molecule has 0 aromatic carbocycles. The van der Waals surface area contributed by atoms with Gasteiger partial charge in [0, 0.05) is 30.4 Å². The third kappa shape index (κ3) is 4.11. The van der Waals surface area contributed by atoms with E-state index in [0.717, 1.165) is 25.5 Å². The first-order valence-corrected chi connectivity index (χ1v) is 10.1. The van der Waals surface area contributed by atoms with Crippen molar-refractivity contribution in [3.8, 4) is 22.8 Å². The standard InChI is InChI=1S/C20H17F5N8/c21-12-7-13(22)18(28-11-2-1-4-26-8-11)29-16(12)14-9-27-15-6-10(3-5-33(14)15)17-30-19(32-31-17)20(23,24)25/h3,5-7,9,11,26H,1-2,4,8H2,(H,28,29)(H,30,31,32)/t11-/m1/s1. The van der Waals surface area contributed by atoms with Crippen LogP contribution < -0.4 is 10.6 Å². The number of aromatic nitrogens is 6. The molecule has 5 heterocycles. The van der Waals surface area contributed by atoms with Gasteiger partial charge in [-0.15, -0.1) is 10.2 Å². The third-order valence-electron chi connectivity index (χ3n) is 5.35. The molecule has 4 aromatic heterocycles. The van der Waals surface area contributed by atoms with Gasteiger partial charge in [-0.2, -0.15) is 13.2 Å². The molecule has 1 atom stereocenters. The van der Waals surface area contributed by atoms with E-state index in [4.69, 9.17) is 0 Å². The number of fused-ring (bicyclic) bond motifs is 1. The van der Waals surface area contributed by atoms with Crippen LogP contribution in [0.4, 0.5) is 27.8 Å². The molecule has 1 saturated heterocycles. The summed E-state index contributed by atoms with van der Waals surface area (Å²) in [6.45, 7) is 1.53. The largest absolute Gasteiger partial charge is 0.451 e. The van der Waals surface area contributed by atoms with Crippen LogP contribution in [-0.4, -0.2) is 48.7 Å². The van der Waals surface area contributed by atoms with Crippen LogP contribution in [0.15, 0.2) is 30.6 Å². The van der Waals surface area contributed by atoms with Crippen molar-refractivity contribution in [1.82, 2.24) is 34.9 Å². The Morgan fingerprint density at radius 2 is 1.97 bits per heavy atom. The normalized spacial score (nSPS) is 16.9. The fourth-order valence-electron chi connectivity index (χ4n) is 3.74. The Morgan fingerprint density at radius 1 is 1.12 bits per heavy atom. The van der Waals surface area contributed by atoms with Crippen LogP contribution in [0.25, 0.3) is 28.4 Å². The first-order valence-electron chi connectivity index (χ1n) is 10.1. The average molecular weight is 464 g/mol. The van der Waals surface area contributed by atoms with Crippen LogP contribution in [-0.2, 0) is 6.18 Å². The number of piperidine rings is 1. The van der Waals surface area contributed by atoms with Crippen LogP contribution in [0.3, 0.4) is 0 Å². The molecule has 1 aliphatic heterocycles. The Hall–Kier alpha value is -3.61. The smallest absolute Gasteiger partial charge is 0.364 e. The van der Waals surface area contributed by atoms with Gasteiger partial charge in [-0.05, 0) is 31.5 Å². The Kier molecular flexibility index (Phi) is 5.19. The predicted molar refractivity (Wildman–Crippen MR) is 108 cm³/mol. The summed E-state index contributed by atoms with van der Waals surface area (Å²) in [7, 11) is 0. The van der Waals surface area contributed by atoms with Gasteiger partial charge in [0.2, 0.25) is 5.82 Å². The van der Waals surface area contributed by atoms with Crippen LogP contribution in [0.1, 0.15) is 18.7 Å². The molecule has 0 bridgehead atoms. The van der Waals surface area contributed by atoms with Crippen molar-refractivity contribution in [2.45, 2.75) is 25.1 Å². The number of nitrogens with one attached hydrogen (secondary N) is 3. The molecule has 0 saturated carbocycles. The molecular formula is C20H17F5N8. The minimum Gasteiger partial charge on any atom is -0.364 e. The van der Waals surface area contributed by atoms with E-state index in [-0.39, 0.29) is 29.1 Å². The molecule has 0 amide bonds. The van der Waals surface area contributed by atoms with Gasteiger partial charge < -0.3 is 15.6 Å². The number of rotatable bonds is 4. The summed E-state index contributed by atoms with van der Waals surface area (Å²) in [5, 5.41) is 12.9. The first-order chi connectivity index (χ1) is 15.8. The SMILES string of the molecule is Fc1cc(F)c(-c2cnc3cc(-c4nnc(C(F)(F)F)[nH]4)ccn23)nc1N[C@@H]1CCCNC1. The molecule has 33 heavy (non-hydrogen) atoms. The van der Waals surface area contributed by atoms with Gasteiger partial charge in [0.1, 0.15) is 11.3 Å². The van der Waals surface area contributed by atoms with Crippen LogP contribution in [0.5, 0.6) is 0 Å². The monoisotopic (exact) mass is 464 g/mol. The van der Waals surface area contributed by atoms with Gasteiger partial charge in [0.25, 0.3) is 0 Å². The van der Waals surface area contributed by atoms with Crippen molar-refractivity contribution in [1.29, 1.82) is 0 Å². The molecule has 172 valence electrons. The third-order valence-corrected chi connectivity index (χ3v) is 5.35. The van der Waals surface area contributed by atoms with Gasteiger partial charge >= 0.3 is 6.18 Å². The van der Waals surface area contributed by atoms with Gasteiger partial charge in [0.05, 0.1) is 11.9 Å². The maximum Gasteiger partial charge on any atom is 0.451 e. The van der Waals surface area contributed by atoms with Crippen LogP contribution in [0.2, 0.25) is 0 Å². The van der Waals surface area contributed by atoms with E-state index < -0.39 is 23.6 Å². The number of alkyl halides is 3. The van der Waals surface area contributed by atoms with E-state index in [1.54, 1.807) is 0 Å². The van der Waals surface area contributed by atoms with E-state index in [9.17, 15) is 22.0 Å². The van der Waals surface area contributed by atoms with Gasteiger partial charge in [0.15, 0.2) is 23.3 Å². The van der Waals surface area contributed by atoms with E-state index in [0.29, 0.717) is 17.8 Å². The summed E-state index contributed by atoms with van der Waals surface area (Å²) in [5.74, 6) is -3.03. The zero-order valence-corrected chi connectivity index (χ0v) is 16.9. The minimum atomic E-state index is -4.65. The molecule has 1 fully saturated rings. The van der Waals surface area contributed by atoms with Crippen molar-refractivity contribution in [3.63, 3.8) is 0 Å².